The number of hydrogen-bond acceptors (Lipinski definition) is 5. The zero-order chi connectivity index (χ0) is 22.0. The number of benzene rings is 2. The number of anilines is 1. The van der Waals surface area contributed by atoms with Gasteiger partial charge in [0.25, 0.3) is 0 Å². The number of carbonyl (C=O) groups excluding carboxylic acids is 1. The molecule has 0 spiro atoms. The number of hydrogen-bond donors (Lipinski definition) is 1. The summed E-state index contributed by atoms with van der Waals surface area (Å²) in [6, 6.07) is 13.8. The molecule has 0 aliphatic carbocycles. The number of likely N-dealkylation sites (tertiary alicyclic amines) is 1. The summed E-state index contributed by atoms with van der Waals surface area (Å²) in [5.74, 6) is 1.45. The summed E-state index contributed by atoms with van der Waals surface area (Å²) in [4.78, 5) is 19.8. The highest BCUT2D eigenvalue weighted by atomic mass is 32.1. The maximum Gasteiger partial charge on any atom is 0.322 e. The number of thiazole rings is 1. The molecule has 0 bridgehead atoms. The van der Waals surface area contributed by atoms with Crippen LogP contribution in [0.5, 0.6) is 11.5 Å². The summed E-state index contributed by atoms with van der Waals surface area (Å²) < 4.78 is 10.7. The Bertz CT molecular complexity index is 1050. The van der Waals surface area contributed by atoms with Crippen LogP contribution in [0.4, 0.5) is 10.5 Å². The lowest BCUT2D eigenvalue weighted by atomic mass is 9.73. The standard InChI is InChI=1S/C24H27N3O3S/c1-16-5-7-18(8-6-16)24(22-25-11-12-31-22)15-27(14-17(24)2)23(28)26-20-13-19(29-3)9-10-21(20)30-4/h5-13,17H,14-15H2,1-4H3,(H,26,28)/t17-,24?/m1/s1. The first kappa shape index (κ1) is 21.2. The van der Waals surface area contributed by atoms with Gasteiger partial charge in [0.15, 0.2) is 0 Å². The zero-order valence-electron chi connectivity index (χ0n) is 18.2. The fourth-order valence-electron chi connectivity index (χ4n) is 4.34. The largest absolute Gasteiger partial charge is 0.497 e. The van der Waals surface area contributed by atoms with Crippen LogP contribution in [0, 0.1) is 12.8 Å². The van der Waals surface area contributed by atoms with Gasteiger partial charge in [0.1, 0.15) is 16.5 Å². The third-order valence-corrected chi connectivity index (χ3v) is 7.04. The first-order valence-electron chi connectivity index (χ1n) is 10.2. The van der Waals surface area contributed by atoms with E-state index in [9.17, 15) is 4.79 Å². The van der Waals surface area contributed by atoms with Crippen molar-refractivity contribution in [2.45, 2.75) is 19.3 Å². The predicted molar refractivity (Wildman–Crippen MR) is 123 cm³/mol. The lowest BCUT2D eigenvalue weighted by Crippen LogP contribution is -2.38. The van der Waals surface area contributed by atoms with Gasteiger partial charge in [0, 0.05) is 30.7 Å². The molecule has 0 radical (unpaired) electrons. The quantitative estimate of drug-likeness (QED) is 0.614. The lowest BCUT2D eigenvalue weighted by Gasteiger charge is -2.31. The van der Waals surface area contributed by atoms with Crippen LogP contribution < -0.4 is 14.8 Å². The third-order valence-electron chi connectivity index (χ3n) is 6.09. The van der Waals surface area contributed by atoms with E-state index in [0.717, 1.165) is 5.01 Å². The molecular weight excluding hydrogens is 410 g/mol. The number of urea groups is 1. The molecule has 31 heavy (non-hydrogen) atoms. The van der Waals surface area contributed by atoms with E-state index in [4.69, 9.17) is 9.47 Å². The van der Waals surface area contributed by atoms with Gasteiger partial charge in [-0.1, -0.05) is 36.8 Å². The molecule has 1 aliphatic heterocycles. The highest BCUT2D eigenvalue weighted by Gasteiger charge is 2.50. The topological polar surface area (TPSA) is 63.7 Å². The van der Waals surface area contributed by atoms with Crippen molar-refractivity contribution in [3.05, 3.63) is 70.2 Å². The van der Waals surface area contributed by atoms with E-state index < -0.39 is 0 Å². The van der Waals surface area contributed by atoms with Gasteiger partial charge < -0.3 is 19.7 Å². The monoisotopic (exact) mass is 437 g/mol. The minimum Gasteiger partial charge on any atom is -0.497 e. The number of methoxy groups -OCH3 is 2. The molecule has 1 aliphatic rings. The van der Waals surface area contributed by atoms with E-state index in [2.05, 4.69) is 48.4 Å². The highest BCUT2D eigenvalue weighted by molar-refractivity contribution is 7.09. The normalized spacial score (nSPS) is 20.5. The molecule has 1 aromatic heterocycles. The van der Waals surface area contributed by atoms with E-state index in [-0.39, 0.29) is 17.4 Å². The first-order valence-corrected chi connectivity index (χ1v) is 11.1. The van der Waals surface area contributed by atoms with Crippen LogP contribution in [0.25, 0.3) is 0 Å². The molecule has 2 aromatic carbocycles. The number of nitrogens with one attached hydrogen (secondary N) is 1. The Kier molecular flexibility index (Phi) is 5.87. The maximum absolute atomic E-state index is 13.3. The predicted octanol–water partition coefficient (Wildman–Crippen LogP) is 4.94. The summed E-state index contributed by atoms with van der Waals surface area (Å²) in [7, 11) is 3.18. The van der Waals surface area contributed by atoms with E-state index in [1.54, 1.807) is 43.8 Å². The second-order valence-corrected chi connectivity index (χ2v) is 8.85. The van der Waals surface area contributed by atoms with Crippen LogP contribution >= 0.6 is 11.3 Å². The van der Waals surface area contributed by atoms with Crippen molar-refractivity contribution >= 4 is 23.1 Å². The highest BCUT2D eigenvalue weighted by Crippen LogP contribution is 2.45. The van der Waals surface area contributed by atoms with Crippen LogP contribution in [0.15, 0.2) is 54.0 Å². The molecule has 162 valence electrons. The first-order chi connectivity index (χ1) is 15.0. The Hall–Kier alpha value is -3.06. The van der Waals surface area contributed by atoms with Crippen molar-refractivity contribution in [3.8, 4) is 11.5 Å². The van der Waals surface area contributed by atoms with Gasteiger partial charge in [-0.05, 0) is 30.5 Å². The Morgan fingerprint density at radius 2 is 1.97 bits per heavy atom. The minimum atomic E-state index is -0.336. The maximum atomic E-state index is 13.3. The van der Waals surface area contributed by atoms with Gasteiger partial charge in [0.05, 0.1) is 25.3 Å². The summed E-state index contributed by atoms with van der Waals surface area (Å²) in [5.41, 5.74) is 2.65. The second kappa shape index (κ2) is 8.59. The van der Waals surface area contributed by atoms with Crippen molar-refractivity contribution in [1.29, 1.82) is 0 Å². The Labute approximate surface area is 186 Å². The van der Waals surface area contributed by atoms with Crippen LogP contribution in [0.2, 0.25) is 0 Å². The Morgan fingerprint density at radius 1 is 1.19 bits per heavy atom. The van der Waals surface area contributed by atoms with Gasteiger partial charge in [-0.15, -0.1) is 11.3 Å². The van der Waals surface area contributed by atoms with Crippen LogP contribution in [0.3, 0.4) is 0 Å². The van der Waals surface area contributed by atoms with Gasteiger partial charge in [-0.3, -0.25) is 0 Å². The molecule has 2 heterocycles. The number of nitrogens with zero attached hydrogens (tertiary/aromatic N) is 2. The number of aromatic nitrogens is 1. The molecule has 1 fully saturated rings. The van der Waals surface area contributed by atoms with E-state index in [1.165, 1.54) is 11.1 Å². The summed E-state index contributed by atoms with van der Waals surface area (Å²) >= 11 is 1.64. The average Bonchev–Trinajstić information content (AvgIpc) is 3.43. The molecule has 7 heteroatoms. The molecule has 1 N–H and O–H groups in total. The third kappa shape index (κ3) is 3.85. The SMILES string of the molecule is COc1ccc(OC)c(NC(=O)N2C[C@@H](C)C(c3ccc(C)cc3)(c3nccs3)C2)c1. The number of rotatable bonds is 5. The van der Waals surface area contributed by atoms with Crippen molar-refractivity contribution in [2.24, 2.45) is 5.92 Å². The fraction of sp³-hybridized carbons (Fsp3) is 0.333. The van der Waals surface area contributed by atoms with E-state index in [1.807, 2.05) is 16.5 Å². The van der Waals surface area contributed by atoms with Crippen molar-refractivity contribution in [2.75, 3.05) is 32.6 Å². The van der Waals surface area contributed by atoms with Crippen molar-refractivity contribution in [1.82, 2.24) is 9.88 Å². The number of ether oxygens (including phenoxy) is 2. The lowest BCUT2D eigenvalue weighted by molar-refractivity contribution is 0.220. The van der Waals surface area contributed by atoms with E-state index in [0.29, 0.717) is 30.3 Å². The van der Waals surface area contributed by atoms with Gasteiger partial charge >= 0.3 is 6.03 Å². The number of amides is 2. The summed E-state index contributed by atoms with van der Waals surface area (Å²) in [6.45, 7) is 5.47. The molecule has 2 amide bonds. The van der Waals surface area contributed by atoms with Gasteiger partial charge in [-0.25, -0.2) is 9.78 Å². The zero-order valence-corrected chi connectivity index (χ0v) is 19.0. The van der Waals surface area contributed by atoms with Crippen LogP contribution in [0.1, 0.15) is 23.1 Å². The van der Waals surface area contributed by atoms with Crippen LogP contribution in [-0.4, -0.2) is 43.2 Å². The van der Waals surface area contributed by atoms with E-state index >= 15 is 0 Å². The average molecular weight is 438 g/mol. The molecule has 1 unspecified atom stereocenters. The molecule has 2 atom stereocenters. The van der Waals surface area contributed by atoms with Crippen molar-refractivity contribution < 1.29 is 14.3 Å². The van der Waals surface area contributed by atoms with Gasteiger partial charge in [0.2, 0.25) is 0 Å². The molecular formula is C24H27N3O3S. The Morgan fingerprint density at radius 3 is 2.61 bits per heavy atom. The van der Waals surface area contributed by atoms with Crippen molar-refractivity contribution in [3.63, 3.8) is 0 Å². The summed E-state index contributed by atoms with van der Waals surface area (Å²) in [6.07, 6.45) is 1.84. The molecule has 4 rings (SSSR count). The molecule has 6 nitrogen and oxygen atoms in total. The molecule has 0 saturated carbocycles. The number of aryl methyl sites for hydroxylation is 1. The Balaban J connectivity index is 1.65. The smallest absolute Gasteiger partial charge is 0.322 e. The second-order valence-electron chi connectivity index (χ2n) is 7.95. The number of carbonyl (C=O) groups is 1. The molecule has 1 saturated heterocycles. The summed E-state index contributed by atoms with van der Waals surface area (Å²) in [5, 5.41) is 6.05. The van der Waals surface area contributed by atoms with Gasteiger partial charge in [-0.2, -0.15) is 0 Å². The fourth-order valence-corrected chi connectivity index (χ4v) is 5.31. The minimum absolute atomic E-state index is 0.163. The molecule has 3 aromatic rings. The van der Waals surface area contributed by atoms with Crippen LogP contribution in [-0.2, 0) is 5.41 Å².